The van der Waals surface area contributed by atoms with E-state index in [1.165, 1.54) is 70.8 Å². The fraction of sp³-hybridized carbons (Fsp3) is 1.00. The molecule has 0 bridgehead atoms. The molecule has 1 atom stereocenters. The van der Waals surface area contributed by atoms with Crippen LogP contribution in [-0.4, -0.2) is 42.1 Å². The zero-order valence-corrected chi connectivity index (χ0v) is 11.9. The van der Waals surface area contributed by atoms with Gasteiger partial charge in [-0.25, -0.2) is 0 Å². The molecule has 0 radical (unpaired) electrons. The van der Waals surface area contributed by atoms with E-state index in [1.54, 1.807) is 0 Å². The first-order valence-electron chi connectivity index (χ1n) is 7.54. The summed E-state index contributed by atoms with van der Waals surface area (Å²) in [5.74, 6) is 0. The van der Waals surface area contributed by atoms with Crippen molar-refractivity contribution in [3.63, 3.8) is 0 Å². The predicted octanol–water partition coefficient (Wildman–Crippen LogP) is 4.26. The first kappa shape index (κ1) is 20.3. The van der Waals surface area contributed by atoms with Crippen molar-refractivity contribution in [2.45, 2.75) is 91.0 Å². The van der Waals surface area contributed by atoms with Gasteiger partial charge < -0.3 is 5.32 Å². The zero-order chi connectivity index (χ0) is 12.1. The Bertz CT molecular complexity index is 128. The minimum atomic E-state index is 0. The van der Waals surface area contributed by atoms with E-state index in [4.69, 9.17) is 0 Å². The Morgan fingerprint density at radius 2 is 1.29 bits per heavy atom. The van der Waals surface area contributed by atoms with Gasteiger partial charge >= 0.3 is 29.6 Å². The summed E-state index contributed by atoms with van der Waals surface area (Å²) in [6.07, 6.45) is 14.1. The molecule has 0 aromatic rings. The third-order valence-electron chi connectivity index (χ3n) is 3.23. The fourth-order valence-corrected chi connectivity index (χ4v) is 2.08. The zero-order valence-electron chi connectivity index (χ0n) is 11.9. The van der Waals surface area contributed by atoms with E-state index in [9.17, 15) is 0 Å². The van der Waals surface area contributed by atoms with Crippen LogP contribution < -0.4 is 5.32 Å². The Labute approximate surface area is 132 Å². The van der Waals surface area contributed by atoms with Gasteiger partial charge in [-0.3, -0.25) is 0 Å². The van der Waals surface area contributed by atoms with Gasteiger partial charge in [-0.2, -0.15) is 0 Å². The summed E-state index contributed by atoms with van der Waals surface area (Å²) in [7, 11) is 0. The van der Waals surface area contributed by atoms with Crippen molar-refractivity contribution in [2.75, 3.05) is 6.54 Å². The number of rotatable bonds is 12. The van der Waals surface area contributed by atoms with Crippen LogP contribution in [0.1, 0.15) is 85.0 Å². The summed E-state index contributed by atoms with van der Waals surface area (Å²) in [6, 6.07) is 0.722. The number of hydrogen-bond donors (Lipinski definition) is 1. The van der Waals surface area contributed by atoms with Crippen LogP contribution in [0.5, 0.6) is 0 Å². The second-order valence-corrected chi connectivity index (χ2v) is 5.12. The van der Waals surface area contributed by atoms with Crippen LogP contribution in [0.2, 0.25) is 0 Å². The van der Waals surface area contributed by atoms with Crippen LogP contribution in [-0.2, 0) is 0 Å². The van der Waals surface area contributed by atoms with Gasteiger partial charge in [0.25, 0.3) is 0 Å². The van der Waals surface area contributed by atoms with Crippen LogP contribution in [0, 0.1) is 0 Å². The Morgan fingerprint density at radius 1 is 0.765 bits per heavy atom. The minimum absolute atomic E-state index is 0. The molecule has 0 aromatic carbocycles. The van der Waals surface area contributed by atoms with Crippen LogP contribution in [0.3, 0.4) is 0 Å². The van der Waals surface area contributed by atoms with Crippen molar-refractivity contribution >= 4 is 29.6 Å². The van der Waals surface area contributed by atoms with Crippen LogP contribution >= 0.6 is 0 Å². The molecule has 1 nitrogen and oxygen atoms in total. The summed E-state index contributed by atoms with van der Waals surface area (Å²) < 4.78 is 0. The summed E-state index contributed by atoms with van der Waals surface area (Å²) in [5.41, 5.74) is 0. The van der Waals surface area contributed by atoms with E-state index in [0.29, 0.717) is 0 Å². The van der Waals surface area contributed by atoms with Gasteiger partial charge in [0.1, 0.15) is 0 Å². The molecule has 0 amide bonds. The van der Waals surface area contributed by atoms with Gasteiger partial charge in [0.05, 0.1) is 0 Å². The average molecular weight is 251 g/mol. The maximum atomic E-state index is 3.55. The first-order chi connectivity index (χ1) is 7.81. The molecular formula is C15H34NNa. The molecule has 100 valence electrons. The van der Waals surface area contributed by atoms with Gasteiger partial charge in [-0.15, -0.1) is 0 Å². The third-order valence-corrected chi connectivity index (χ3v) is 3.23. The Hall–Kier alpha value is 0.960. The molecule has 0 saturated carbocycles. The van der Waals surface area contributed by atoms with Crippen molar-refractivity contribution in [1.29, 1.82) is 0 Å². The van der Waals surface area contributed by atoms with Crippen LogP contribution in [0.4, 0.5) is 0 Å². The molecule has 1 N–H and O–H groups in total. The van der Waals surface area contributed by atoms with Crippen LogP contribution in [0.15, 0.2) is 0 Å². The van der Waals surface area contributed by atoms with Gasteiger partial charge in [-0.05, 0) is 26.3 Å². The average Bonchev–Trinajstić information content (AvgIpc) is 2.30. The molecule has 0 heterocycles. The SMILES string of the molecule is CCCCCCCCCCC(C)NCCC.[NaH]. The molecule has 0 saturated heterocycles. The van der Waals surface area contributed by atoms with E-state index in [-0.39, 0.29) is 29.6 Å². The predicted molar refractivity (Wildman–Crippen MR) is 82.1 cm³/mol. The quantitative estimate of drug-likeness (QED) is 0.404. The fourth-order valence-electron chi connectivity index (χ4n) is 2.08. The number of unbranched alkanes of at least 4 members (excludes halogenated alkanes) is 7. The molecule has 2 heteroatoms. The second-order valence-electron chi connectivity index (χ2n) is 5.12. The Kier molecular flexibility index (Phi) is 20.2. The van der Waals surface area contributed by atoms with E-state index < -0.39 is 0 Å². The number of hydrogen-bond acceptors (Lipinski definition) is 1. The molecule has 0 aromatic heterocycles. The summed E-state index contributed by atoms with van der Waals surface area (Å²) in [5, 5.41) is 3.55. The monoisotopic (exact) mass is 251 g/mol. The van der Waals surface area contributed by atoms with Crippen molar-refractivity contribution in [1.82, 2.24) is 5.32 Å². The molecule has 0 aliphatic rings. The normalized spacial score (nSPS) is 12.2. The van der Waals surface area contributed by atoms with E-state index in [0.717, 1.165) is 6.04 Å². The third kappa shape index (κ3) is 17.0. The molecular weight excluding hydrogens is 217 g/mol. The van der Waals surface area contributed by atoms with Gasteiger partial charge in [0.2, 0.25) is 0 Å². The first-order valence-corrected chi connectivity index (χ1v) is 7.54. The topological polar surface area (TPSA) is 12.0 Å². The number of nitrogens with one attached hydrogen (secondary N) is 1. The molecule has 0 fully saturated rings. The maximum absolute atomic E-state index is 3.55. The van der Waals surface area contributed by atoms with Crippen molar-refractivity contribution in [3.05, 3.63) is 0 Å². The summed E-state index contributed by atoms with van der Waals surface area (Å²) in [6.45, 7) is 8.01. The second kappa shape index (κ2) is 17.0. The summed E-state index contributed by atoms with van der Waals surface area (Å²) >= 11 is 0. The van der Waals surface area contributed by atoms with Crippen LogP contribution in [0.25, 0.3) is 0 Å². The van der Waals surface area contributed by atoms with Gasteiger partial charge in [0, 0.05) is 6.04 Å². The molecule has 1 unspecified atom stereocenters. The molecule has 0 aliphatic carbocycles. The molecule has 0 aliphatic heterocycles. The Morgan fingerprint density at radius 3 is 1.82 bits per heavy atom. The summed E-state index contributed by atoms with van der Waals surface area (Å²) in [4.78, 5) is 0. The molecule has 0 spiro atoms. The Balaban J connectivity index is 0. The van der Waals surface area contributed by atoms with Crippen molar-refractivity contribution in [2.24, 2.45) is 0 Å². The van der Waals surface area contributed by atoms with Gasteiger partial charge in [-0.1, -0.05) is 65.2 Å². The molecule has 0 rings (SSSR count). The van der Waals surface area contributed by atoms with E-state index in [2.05, 4.69) is 26.1 Å². The van der Waals surface area contributed by atoms with Crippen molar-refractivity contribution in [3.8, 4) is 0 Å². The standard InChI is InChI=1S/C15H33N.Na.H/c1-4-6-7-8-9-10-11-12-13-15(3)16-14-5-2;;/h15-16H,4-14H2,1-3H3;;. The van der Waals surface area contributed by atoms with E-state index in [1.807, 2.05) is 0 Å². The van der Waals surface area contributed by atoms with Crippen molar-refractivity contribution < 1.29 is 0 Å². The molecule has 17 heavy (non-hydrogen) atoms. The van der Waals surface area contributed by atoms with Gasteiger partial charge in [0.15, 0.2) is 0 Å². The van der Waals surface area contributed by atoms with E-state index >= 15 is 0 Å².